The second-order valence-electron chi connectivity index (χ2n) is 3.72. The molecule has 0 aromatic carbocycles. The largest absolute Gasteiger partial charge is 0.296 e. The second-order valence-corrected chi connectivity index (χ2v) is 3.72. The molecule has 72 valence electrons. The average molecular weight is 181 g/mol. The van der Waals surface area contributed by atoms with Crippen LogP contribution in [0.1, 0.15) is 25.1 Å². The lowest BCUT2D eigenvalue weighted by atomic mass is 9.92. The van der Waals surface area contributed by atoms with Crippen LogP contribution in [-0.2, 0) is 13.6 Å². The van der Waals surface area contributed by atoms with Crippen molar-refractivity contribution in [2.24, 2.45) is 7.05 Å². The maximum atomic E-state index is 3.96. The van der Waals surface area contributed by atoms with Crippen LogP contribution in [0, 0.1) is 0 Å². The van der Waals surface area contributed by atoms with E-state index in [0.717, 1.165) is 18.4 Å². The maximum absolute atomic E-state index is 3.96. The van der Waals surface area contributed by atoms with Gasteiger partial charge in [0, 0.05) is 13.1 Å². The van der Waals surface area contributed by atoms with Crippen molar-refractivity contribution in [3.05, 3.63) is 5.82 Å². The van der Waals surface area contributed by atoms with Crippen molar-refractivity contribution in [3.63, 3.8) is 0 Å². The summed E-state index contributed by atoms with van der Waals surface area (Å²) in [5.41, 5.74) is 0. The van der Waals surface area contributed by atoms with Gasteiger partial charge >= 0.3 is 0 Å². The fourth-order valence-electron chi connectivity index (χ4n) is 1.56. The van der Waals surface area contributed by atoms with Crippen molar-refractivity contribution in [3.8, 4) is 0 Å². The minimum Gasteiger partial charge on any atom is -0.296 e. The van der Waals surface area contributed by atoms with Crippen LogP contribution in [0.25, 0.3) is 0 Å². The summed E-state index contributed by atoms with van der Waals surface area (Å²) in [7, 11) is 4.02. The van der Waals surface area contributed by atoms with Crippen LogP contribution in [0.15, 0.2) is 0 Å². The maximum Gasteiger partial charge on any atom is 0.164 e. The van der Waals surface area contributed by atoms with Gasteiger partial charge in [-0.3, -0.25) is 4.90 Å². The molecule has 2 rings (SSSR count). The van der Waals surface area contributed by atoms with Crippen LogP contribution < -0.4 is 0 Å². The summed E-state index contributed by atoms with van der Waals surface area (Å²) in [5.74, 6) is 0.939. The van der Waals surface area contributed by atoms with E-state index in [1.807, 2.05) is 7.05 Å². The van der Waals surface area contributed by atoms with Crippen molar-refractivity contribution >= 4 is 0 Å². The summed E-state index contributed by atoms with van der Waals surface area (Å²) in [6, 6.07) is 0.747. The van der Waals surface area contributed by atoms with Gasteiger partial charge in [-0.25, -0.2) is 4.68 Å². The molecule has 1 aliphatic rings. The Morgan fingerprint density at radius 3 is 2.77 bits per heavy atom. The summed E-state index contributed by atoms with van der Waals surface area (Å²) >= 11 is 0. The van der Waals surface area contributed by atoms with Crippen molar-refractivity contribution in [2.45, 2.75) is 31.8 Å². The molecule has 0 radical (unpaired) electrons. The molecule has 0 unspecified atom stereocenters. The molecule has 1 aromatic heterocycles. The molecule has 0 N–H and O–H groups in total. The van der Waals surface area contributed by atoms with Crippen molar-refractivity contribution in [2.75, 3.05) is 7.05 Å². The molecule has 0 saturated heterocycles. The molecule has 0 amide bonds. The zero-order valence-corrected chi connectivity index (χ0v) is 8.14. The lowest BCUT2D eigenvalue weighted by Gasteiger charge is -2.34. The minimum absolute atomic E-state index is 0.747. The molecule has 1 aromatic rings. The number of rotatable bonds is 3. The smallest absolute Gasteiger partial charge is 0.164 e. The van der Waals surface area contributed by atoms with E-state index < -0.39 is 0 Å². The van der Waals surface area contributed by atoms with Crippen molar-refractivity contribution < 1.29 is 0 Å². The molecule has 0 aliphatic heterocycles. The third-order valence-corrected chi connectivity index (χ3v) is 2.80. The fraction of sp³-hybridized carbons (Fsp3) is 0.875. The molecule has 0 atom stereocenters. The molecular formula is C8H15N5. The Kier molecular flexibility index (Phi) is 2.26. The van der Waals surface area contributed by atoms with Gasteiger partial charge in [-0.2, -0.15) is 0 Å². The number of aryl methyl sites for hydroxylation is 1. The quantitative estimate of drug-likeness (QED) is 0.668. The number of tetrazole rings is 1. The van der Waals surface area contributed by atoms with Gasteiger partial charge in [0.1, 0.15) is 0 Å². The first-order valence-electron chi connectivity index (χ1n) is 4.69. The molecule has 5 heteroatoms. The molecule has 1 saturated carbocycles. The zero-order chi connectivity index (χ0) is 9.26. The van der Waals surface area contributed by atoms with Crippen LogP contribution in [0.5, 0.6) is 0 Å². The number of nitrogens with zero attached hydrogens (tertiary/aromatic N) is 5. The summed E-state index contributed by atoms with van der Waals surface area (Å²) in [4.78, 5) is 2.33. The first-order valence-corrected chi connectivity index (χ1v) is 4.69. The summed E-state index contributed by atoms with van der Waals surface area (Å²) in [6.07, 6.45) is 4.01. The van der Waals surface area contributed by atoms with Gasteiger partial charge in [0.25, 0.3) is 0 Å². The third-order valence-electron chi connectivity index (χ3n) is 2.80. The van der Waals surface area contributed by atoms with Gasteiger partial charge in [-0.05, 0) is 30.3 Å². The Labute approximate surface area is 77.7 Å². The molecule has 1 fully saturated rings. The van der Waals surface area contributed by atoms with Gasteiger partial charge < -0.3 is 0 Å². The standard InChI is InChI=1S/C8H15N5/c1-12(7-4-3-5-7)6-8-9-10-11-13(8)2/h7H,3-6H2,1-2H3. The highest BCUT2D eigenvalue weighted by Crippen LogP contribution is 2.24. The molecule has 0 bridgehead atoms. The van der Waals surface area contributed by atoms with E-state index in [2.05, 4.69) is 27.5 Å². The van der Waals surface area contributed by atoms with Crippen molar-refractivity contribution in [1.29, 1.82) is 0 Å². The first kappa shape index (κ1) is 8.62. The highest BCUT2D eigenvalue weighted by Gasteiger charge is 2.22. The topological polar surface area (TPSA) is 46.8 Å². The number of hydrogen-bond donors (Lipinski definition) is 0. The predicted molar refractivity (Wildman–Crippen MR) is 47.9 cm³/mol. The second kappa shape index (κ2) is 3.41. The van der Waals surface area contributed by atoms with Gasteiger partial charge in [0.15, 0.2) is 5.82 Å². The van der Waals surface area contributed by atoms with Gasteiger partial charge in [0.2, 0.25) is 0 Å². The van der Waals surface area contributed by atoms with Gasteiger partial charge in [-0.15, -0.1) is 5.10 Å². The lowest BCUT2D eigenvalue weighted by molar-refractivity contribution is 0.147. The summed E-state index contributed by atoms with van der Waals surface area (Å²) in [5, 5.41) is 11.4. The Balaban J connectivity index is 1.93. The Morgan fingerprint density at radius 1 is 1.54 bits per heavy atom. The normalized spacial score (nSPS) is 17.8. The van der Waals surface area contributed by atoms with Crippen LogP contribution in [0.4, 0.5) is 0 Å². The monoisotopic (exact) mass is 181 g/mol. The van der Waals surface area contributed by atoms with Gasteiger partial charge in [0.05, 0.1) is 6.54 Å². The predicted octanol–water partition coefficient (Wildman–Crippen LogP) is 0.194. The van der Waals surface area contributed by atoms with E-state index in [9.17, 15) is 0 Å². The highest BCUT2D eigenvalue weighted by atomic mass is 15.5. The Morgan fingerprint density at radius 2 is 2.31 bits per heavy atom. The highest BCUT2D eigenvalue weighted by molar-refractivity contribution is 4.84. The SMILES string of the molecule is CN(Cc1nnnn1C)C1CCC1. The van der Waals surface area contributed by atoms with E-state index >= 15 is 0 Å². The molecule has 1 aliphatic carbocycles. The van der Waals surface area contributed by atoms with Gasteiger partial charge in [-0.1, -0.05) is 6.42 Å². The third kappa shape index (κ3) is 1.70. The Hall–Kier alpha value is -0.970. The molecule has 1 heterocycles. The molecule has 13 heavy (non-hydrogen) atoms. The van der Waals surface area contributed by atoms with E-state index in [0.29, 0.717) is 0 Å². The van der Waals surface area contributed by atoms with Crippen LogP contribution in [-0.4, -0.2) is 38.2 Å². The average Bonchev–Trinajstić information content (AvgIpc) is 2.32. The Bertz CT molecular complexity index is 278. The van der Waals surface area contributed by atoms with E-state index in [1.165, 1.54) is 19.3 Å². The first-order chi connectivity index (χ1) is 6.27. The van der Waals surface area contributed by atoms with E-state index in [4.69, 9.17) is 0 Å². The zero-order valence-electron chi connectivity index (χ0n) is 8.14. The van der Waals surface area contributed by atoms with Crippen LogP contribution in [0.3, 0.4) is 0 Å². The summed E-state index contributed by atoms with van der Waals surface area (Å²) < 4.78 is 1.73. The fourth-order valence-corrected chi connectivity index (χ4v) is 1.56. The minimum atomic E-state index is 0.747. The molecule has 0 spiro atoms. The molecular weight excluding hydrogens is 166 g/mol. The lowest BCUT2D eigenvalue weighted by Crippen LogP contribution is -2.37. The summed E-state index contributed by atoms with van der Waals surface area (Å²) in [6.45, 7) is 0.855. The number of aromatic nitrogens is 4. The van der Waals surface area contributed by atoms with E-state index in [-0.39, 0.29) is 0 Å². The number of hydrogen-bond acceptors (Lipinski definition) is 4. The van der Waals surface area contributed by atoms with Crippen molar-refractivity contribution in [1.82, 2.24) is 25.1 Å². The van der Waals surface area contributed by atoms with E-state index in [1.54, 1.807) is 4.68 Å². The van der Waals surface area contributed by atoms with Crippen LogP contribution >= 0.6 is 0 Å². The van der Waals surface area contributed by atoms with Crippen LogP contribution in [0.2, 0.25) is 0 Å². The molecule has 5 nitrogen and oxygen atoms in total.